The highest BCUT2D eigenvalue weighted by Gasteiger charge is 2.07. The van der Waals surface area contributed by atoms with Gasteiger partial charge in [0.05, 0.1) is 0 Å². The number of hydrogen-bond donors (Lipinski definition) is 1. The third-order valence-corrected chi connectivity index (χ3v) is 3.87. The Balaban J connectivity index is 1.63. The highest BCUT2D eigenvalue weighted by Crippen LogP contribution is 2.08. The lowest BCUT2D eigenvalue weighted by Gasteiger charge is -2.19. The molecular formula is C15H27N3. The molecule has 18 heavy (non-hydrogen) atoms. The number of likely N-dealkylation sites (tertiary alicyclic amines) is 1. The highest BCUT2D eigenvalue weighted by atomic mass is 15.1. The van der Waals surface area contributed by atoms with Crippen LogP contribution in [0.3, 0.4) is 0 Å². The molecule has 2 heterocycles. The van der Waals surface area contributed by atoms with E-state index < -0.39 is 0 Å². The minimum Gasteiger partial charge on any atom is -0.351 e. The van der Waals surface area contributed by atoms with Gasteiger partial charge in [0.2, 0.25) is 0 Å². The van der Waals surface area contributed by atoms with E-state index in [9.17, 15) is 0 Å². The Morgan fingerprint density at radius 1 is 1.17 bits per heavy atom. The van der Waals surface area contributed by atoms with Crippen molar-refractivity contribution in [2.24, 2.45) is 0 Å². The number of nitrogens with one attached hydrogen (secondary N) is 1. The van der Waals surface area contributed by atoms with Crippen molar-refractivity contribution < 1.29 is 0 Å². The highest BCUT2D eigenvalue weighted by molar-refractivity contribution is 5.06. The van der Waals surface area contributed by atoms with E-state index in [-0.39, 0.29) is 0 Å². The molecular weight excluding hydrogens is 222 g/mol. The molecule has 0 unspecified atom stereocenters. The van der Waals surface area contributed by atoms with Crippen molar-refractivity contribution in [2.75, 3.05) is 26.2 Å². The van der Waals surface area contributed by atoms with E-state index in [1.54, 1.807) is 0 Å². The van der Waals surface area contributed by atoms with Crippen molar-refractivity contribution in [3.05, 3.63) is 24.0 Å². The molecule has 1 aromatic heterocycles. The SMILES string of the molecule is CCn1cccc1CNCCN1CCCCCC1. The van der Waals surface area contributed by atoms with Crippen molar-refractivity contribution in [2.45, 2.75) is 45.7 Å². The molecule has 3 nitrogen and oxygen atoms in total. The second-order valence-electron chi connectivity index (χ2n) is 5.22. The van der Waals surface area contributed by atoms with Gasteiger partial charge < -0.3 is 14.8 Å². The van der Waals surface area contributed by atoms with Crippen LogP contribution in [0.15, 0.2) is 18.3 Å². The third kappa shape index (κ3) is 4.14. The Labute approximate surface area is 111 Å². The molecule has 102 valence electrons. The van der Waals surface area contributed by atoms with E-state index in [0.29, 0.717) is 0 Å². The Morgan fingerprint density at radius 3 is 2.67 bits per heavy atom. The second kappa shape index (κ2) is 7.59. The van der Waals surface area contributed by atoms with Gasteiger partial charge in [-0.15, -0.1) is 0 Å². The smallest absolute Gasteiger partial charge is 0.0359 e. The van der Waals surface area contributed by atoms with E-state index in [1.165, 1.54) is 51.0 Å². The van der Waals surface area contributed by atoms with Gasteiger partial charge in [-0.25, -0.2) is 0 Å². The fourth-order valence-electron chi connectivity index (χ4n) is 2.73. The minimum absolute atomic E-state index is 0.995. The van der Waals surface area contributed by atoms with Crippen LogP contribution >= 0.6 is 0 Å². The average molecular weight is 249 g/mol. The summed E-state index contributed by atoms with van der Waals surface area (Å²) in [5.74, 6) is 0. The van der Waals surface area contributed by atoms with Crippen LogP contribution in [-0.2, 0) is 13.1 Å². The summed E-state index contributed by atoms with van der Waals surface area (Å²) in [5, 5.41) is 3.57. The summed E-state index contributed by atoms with van der Waals surface area (Å²) in [7, 11) is 0. The van der Waals surface area contributed by atoms with E-state index in [0.717, 1.165) is 19.6 Å². The monoisotopic (exact) mass is 249 g/mol. The number of aryl methyl sites for hydroxylation is 1. The maximum Gasteiger partial charge on any atom is 0.0359 e. The molecule has 1 aliphatic rings. The van der Waals surface area contributed by atoms with Gasteiger partial charge in [0, 0.05) is 38.1 Å². The standard InChI is InChI=1S/C15H27N3/c1-2-18-12-7-8-15(18)14-16-9-13-17-10-5-3-4-6-11-17/h7-8,12,16H,2-6,9-11,13-14H2,1H3. The fraction of sp³-hybridized carbons (Fsp3) is 0.733. The average Bonchev–Trinajstić information content (AvgIpc) is 2.69. The van der Waals surface area contributed by atoms with Crippen molar-refractivity contribution in [1.82, 2.24) is 14.8 Å². The van der Waals surface area contributed by atoms with Crippen LogP contribution in [0.2, 0.25) is 0 Å². The zero-order valence-corrected chi connectivity index (χ0v) is 11.7. The molecule has 0 radical (unpaired) electrons. The van der Waals surface area contributed by atoms with Crippen LogP contribution in [0.5, 0.6) is 0 Å². The largest absolute Gasteiger partial charge is 0.351 e. The first-order chi connectivity index (χ1) is 8.90. The predicted octanol–water partition coefficient (Wildman–Crippen LogP) is 2.47. The summed E-state index contributed by atoms with van der Waals surface area (Å²) in [6.45, 7) is 9.16. The molecule has 0 saturated carbocycles. The summed E-state index contributed by atoms with van der Waals surface area (Å²) in [6.07, 6.45) is 7.78. The van der Waals surface area contributed by atoms with Crippen LogP contribution in [0.4, 0.5) is 0 Å². The number of rotatable bonds is 6. The molecule has 0 bridgehead atoms. The molecule has 3 heteroatoms. The Kier molecular flexibility index (Phi) is 5.75. The summed E-state index contributed by atoms with van der Waals surface area (Å²) in [4.78, 5) is 2.61. The van der Waals surface area contributed by atoms with Gasteiger partial charge in [-0.2, -0.15) is 0 Å². The first-order valence-corrected chi connectivity index (χ1v) is 7.47. The Hall–Kier alpha value is -0.800. The molecule has 1 fully saturated rings. The normalized spacial score (nSPS) is 17.8. The topological polar surface area (TPSA) is 20.2 Å². The van der Waals surface area contributed by atoms with E-state index in [1.807, 2.05) is 0 Å². The van der Waals surface area contributed by atoms with Gasteiger partial charge >= 0.3 is 0 Å². The molecule has 1 aromatic rings. The van der Waals surface area contributed by atoms with Gasteiger partial charge in [-0.1, -0.05) is 12.8 Å². The Morgan fingerprint density at radius 2 is 1.94 bits per heavy atom. The molecule has 0 aromatic carbocycles. The number of hydrogen-bond acceptors (Lipinski definition) is 2. The predicted molar refractivity (Wildman–Crippen MR) is 76.7 cm³/mol. The molecule has 0 spiro atoms. The zero-order chi connectivity index (χ0) is 12.6. The molecule has 0 atom stereocenters. The van der Waals surface area contributed by atoms with E-state index >= 15 is 0 Å². The second-order valence-corrected chi connectivity index (χ2v) is 5.22. The molecule has 1 saturated heterocycles. The number of aromatic nitrogens is 1. The van der Waals surface area contributed by atoms with Gasteiger partial charge in [0.1, 0.15) is 0 Å². The summed E-state index contributed by atoms with van der Waals surface area (Å²) < 4.78 is 2.30. The van der Waals surface area contributed by atoms with Crippen molar-refractivity contribution in [3.8, 4) is 0 Å². The molecule has 0 aliphatic carbocycles. The molecule has 1 aliphatic heterocycles. The van der Waals surface area contributed by atoms with E-state index in [4.69, 9.17) is 0 Å². The van der Waals surface area contributed by atoms with Gasteiger partial charge in [0.25, 0.3) is 0 Å². The summed E-state index contributed by atoms with van der Waals surface area (Å²) in [6, 6.07) is 4.34. The Bertz CT molecular complexity index is 324. The summed E-state index contributed by atoms with van der Waals surface area (Å²) >= 11 is 0. The van der Waals surface area contributed by atoms with Crippen LogP contribution < -0.4 is 5.32 Å². The lowest BCUT2D eigenvalue weighted by Crippen LogP contribution is -2.32. The van der Waals surface area contributed by atoms with Crippen LogP contribution in [0, 0.1) is 0 Å². The van der Waals surface area contributed by atoms with Crippen molar-refractivity contribution in [3.63, 3.8) is 0 Å². The maximum atomic E-state index is 3.57. The maximum absolute atomic E-state index is 3.57. The van der Waals surface area contributed by atoms with Crippen molar-refractivity contribution >= 4 is 0 Å². The van der Waals surface area contributed by atoms with Crippen LogP contribution in [0.25, 0.3) is 0 Å². The third-order valence-electron chi connectivity index (χ3n) is 3.87. The minimum atomic E-state index is 0.995. The quantitative estimate of drug-likeness (QED) is 0.782. The van der Waals surface area contributed by atoms with Gasteiger partial charge in [-0.05, 0) is 45.0 Å². The molecule has 0 amide bonds. The first kappa shape index (κ1) is 13.6. The lowest BCUT2D eigenvalue weighted by molar-refractivity contribution is 0.283. The van der Waals surface area contributed by atoms with E-state index in [2.05, 4.69) is 40.0 Å². The lowest BCUT2D eigenvalue weighted by atomic mass is 10.2. The van der Waals surface area contributed by atoms with Crippen LogP contribution in [-0.4, -0.2) is 35.6 Å². The molecule has 2 rings (SSSR count). The summed E-state index contributed by atoms with van der Waals surface area (Å²) in [5.41, 5.74) is 1.40. The first-order valence-electron chi connectivity index (χ1n) is 7.47. The van der Waals surface area contributed by atoms with Gasteiger partial charge in [0.15, 0.2) is 0 Å². The van der Waals surface area contributed by atoms with Crippen molar-refractivity contribution in [1.29, 1.82) is 0 Å². The number of nitrogens with zero attached hydrogens (tertiary/aromatic N) is 2. The molecule has 1 N–H and O–H groups in total. The van der Waals surface area contributed by atoms with Crippen LogP contribution in [0.1, 0.15) is 38.3 Å². The van der Waals surface area contributed by atoms with Gasteiger partial charge in [-0.3, -0.25) is 0 Å². The fourth-order valence-corrected chi connectivity index (χ4v) is 2.73. The zero-order valence-electron chi connectivity index (χ0n) is 11.7.